The number of halogens is 1. The van der Waals surface area contributed by atoms with Crippen LogP contribution in [0.2, 0.25) is 0 Å². The third kappa shape index (κ3) is 8.24. The van der Waals surface area contributed by atoms with E-state index in [1.807, 2.05) is 0 Å². The fraction of sp³-hybridized carbons (Fsp3) is 0.857. The molecule has 0 aromatic rings. The summed E-state index contributed by atoms with van der Waals surface area (Å²) in [5.74, 6) is -1.25. The Morgan fingerprint density at radius 2 is 1.85 bits per heavy atom. The van der Waals surface area contributed by atoms with Gasteiger partial charge in [0.15, 0.2) is 9.84 Å². The number of carbonyl (C=O) groups is 1. The smallest absolute Gasteiger partial charge is 0.232 e. The molecule has 4 nitrogen and oxygen atoms in total. The molecule has 0 aliphatic rings. The standard InChI is InChI=1S/C7H14BrNO3S/c8-4-2-1-3-5-13(11,12)6-7(9)10/h1-6H2,(H2,9,10). The summed E-state index contributed by atoms with van der Waals surface area (Å²) in [6.07, 6.45) is 2.40. The number of primary amides is 1. The molecular weight excluding hydrogens is 258 g/mol. The van der Waals surface area contributed by atoms with Crippen LogP contribution >= 0.6 is 15.9 Å². The maximum Gasteiger partial charge on any atom is 0.232 e. The van der Waals surface area contributed by atoms with Crippen LogP contribution in [0.4, 0.5) is 0 Å². The van der Waals surface area contributed by atoms with Gasteiger partial charge in [0.05, 0.1) is 5.75 Å². The second-order valence-corrected chi connectivity index (χ2v) is 5.79. The average Bonchev–Trinajstić information content (AvgIpc) is 1.95. The van der Waals surface area contributed by atoms with Gasteiger partial charge in [-0.25, -0.2) is 8.42 Å². The normalized spacial score (nSPS) is 11.5. The number of unbranched alkanes of at least 4 members (excludes halogenated alkanes) is 2. The molecule has 0 aromatic carbocycles. The number of hydrogen-bond donors (Lipinski definition) is 1. The summed E-state index contributed by atoms with van der Waals surface area (Å²) >= 11 is 3.25. The van der Waals surface area contributed by atoms with Crippen molar-refractivity contribution in [3.63, 3.8) is 0 Å². The molecule has 0 heterocycles. The van der Waals surface area contributed by atoms with Crippen LogP contribution in [0.3, 0.4) is 0 Å². The van der Waals surface area contributed by atoms with Gasteiger partial charge in [0, 0.05) is 5.33 Å². The van der Waals surface area contributed by atoms with Crippen molar-refractivity contribution in [2.24, 2.45) is 5.73 Å². The molecule has 0 aromatic heterocycles. The second-order valence-electron chi connectivity index (χ2n) is 2.81. The molecule has 2 N–H and O–H groups in total. The first-order valence-corrected chi connectivity index (χ1v) is 6.97. The number of hydrogen-bond acceptors (Lipinski definition) is 3. The second kappa shape index (κ2) is 6.37. The highest BCUT2D eigenvalue weighted by Gasteiger charge is 2.13. The van der Waals surface area contributed by atoms with E-state index < -0.39 is 21.5 Å². The van der Waals surface area contributed by atoms with Gasteiger partial charge in [-0.2, -0.15) is 0 Å². The molecule has 0 spiro atoms. The van der Waals surface area contributed by atoms with Crippen molar-refractivity contribution in [3.8, 4) is 0 Å². The minimum absolute atomic E-state index is 0.0585. The van der Waals surface area contributed by atoms with Crippen molar-refractivity contribution in [1.82, 2.24) is 0 Å². The van der Waals surface area contributed by atoms with Crippen LogP contribution in [0, 0.1) is 0 Å². The third-order valence-corrected chi connectivity index (χ3v) is 3.65. The van der Waals surface area contributed by atoms with E-state index in [2.05, 4.69) is 15.9 Å². The quantitative estimate of drug-likeness (QED) is 0.540. The first-order chi connectivity index (χ1) is 5.98. The SMILES string of the molecule is NC(=O)CS(=O)(=O)CCCCCBr. The first-order valence-electron chi connectivity index (χ1n) is 4.02. The summed E-state index contributed by atoms with van der Waals surface area (Å²) in [5, 5.41) is 0.878. The van der Waals surface area contributed by atoms with Gasteiger partial charge in [-0.1, -0.05) is 22.4 Å². The molecule has 0 bridgehead atoms. The van der Waals surface area contributed by atoms with Gasteiger partial charge in [-0.15, -0.1) is 0 Å². The Morgan fingerprint density at radius 1 is 1.23 bits per heavy atom. The molecule has 13 heavy (non-hydrogen) atoms. The van der Waals surface area contributed by atoms with Crippen molar-refractivity contribution in [1.29, 1.82) is 0 Å². The Hall–Kier alpha value is -0.100. The molecule has 1 amide bonds. The monoisotopic (exact) mass is 271 g/mol. The van der Waals surface area contributed by atoms with Crippen molar-refractivity contribution < 1.29 is 13.2 Å². The van der Waals surface area contributed by atoms with Gasteiger partial charge in [0.2, 0.25) is 5.91 Å². The van der Waals surface area contributed by atoms with E-state index >= 15 is 0 Å². The van der Waals surface area contributed by atoms with E-state index in [0.29, 0.717) is 6.42 Å². The predicted octanol–water partition coefficient (Wildman–Crippen LogP) is 0.452. The van der Waals surface area contributed by atoms with Crippen LogP contribution in [-0.2, 0) is 14.6 Å². The fourth-order valence-electron chi connectivity index (χ4n) is 0.882. The minimum atomic E-state index is -3.25. The number of rotatable bonds is 7. The molecule has 0 atom stereocenters. The molecule has 0 rings (SSSR count). The zero-order valence-electron chi connectivity index (χ0n) is 7.33. The van der Waals surface area contributed by atoms with Crippen LogP contribution in [-0.4, -0.2) is 31.2 Å². The molecule has 0 aliphatic heterocycles. The van der Waals surface area contributed by atoms with Gasteiger partial charge in [-0.3, -0.25) is 4.79 Å². The Bertz CT molecular complexity index is 250. The third-order valence-electron chi connectivity index (χ3n) is 1.45. The largest absolute Gasteiger partial charge is 0.369 e. The van der Waals surface area contributed by atoms with E-state index in [-0.39, 0.29) is 5.75 Å². The maximum absolute atomic E-state index is 11.1. The first kappa shape index (κ1) is 12.9. The summed E-state index contributed by atoms with van der Waals surface area (Å²) < 4.78 is 22.2. The van der Waals surface area contributed by atoms with Crippen molar-refractivity contribution in [3.05, 3.63) is 0 Å². The molecule has 0 saturated carbocycles. The van der Waals surface area contributed by atoms with Crippen LogP contribution < -0.4 is 5.73 Å². The number of alkyl halides is 1. The Kier molecular flexibility index (Phi) is 6.32. The zero-order valence-corrected chi connectivity index (χ0v) is 9.73. The van der Waals surface area contributed by atoms with Crippen LogP contribution in [0.15, 0.2) is 0 Å². The number of sulfone groups is 1. The van der Waals surface area contributed by atoms with E-state index in [0.717, 1.165) is 18.2 Å². The summed E-state index contributed by atoms with van der Waals surface area (Å²) in [6, 6.07) is 0. The maximum atomic E-state index is 11.1. The molecule has 0 saturated heterocycles. The Balaban J connectivity index is 3.71. The molecule has 0 aliphatic carbocycles. The van der Waals surface area contributed by atoms with Crippen LogP contribution in [0.25, 0.3) is 0 Å². The van der Waals surface area contributed by atoms with Crippen molar-refractivity contribution in [2.45, 2.75) is 19.3 Å². The lowest BCUT2D eigenvalue weighted by Crippen LogP contribution is -2.24. The predicted molar refractivity (Wildman–Crippen MR) is 55.5 cm³/mol. The van der Waals surface area contributed by atoms with Gasteiger partial charge >= 0.3 is 0 Å². The highest BCUT2D eigenvalue weighted by atomic mass is 79.9. The number of amides is 1. The minimum Gasteiger partial charge on any atom is -0.369 e. The molecule has 0 radical (unpaired) electrons. The summed E-state index contributed by atoms with van der Waals surface area (Å²) in [7, 11) is -3.25. The van der Waals surface area contributed by atoms with Crippen molar-refractivity contribution >= 4 is 31.7 Å². The van der Waals surface area contributed by atoms with Gasteiger partial charge in [0.1, 0.15) is 5.75 Å². The number of carbonyl (C=O) groups excluding carboxylic acids is 1. The Labute approximate surface area is 86.9 Å². The average molecular weight is 272 g/mol. The molecule has 6 heteroatoms. The van der Waals surface area contributed by atoms with E-state index in [1.165, 1.54) is 0 Å². The molecule has 0 unspecified atom stereocenters. The van der Waals surface area contributed by atoms with Gasteiger partial charge < -0.3 is 5.73 Å². The zero-order chi connectivity index (χ0) is 10.3. The molecule has 78 valence electrons. The number of nitrogens with two attached hydrogens (primary N) is 1. The van der Waals surface area contributed by atoms with E-state index in [9.17, 15) is 13.2 Å². The summed E-state index contributed by atoms with van der Waals surface area (Å²) in [4.78, 5) is 10.3. The van der Waals surface area contributed by atoms with Gasteiger partial charge in [-0.05, 0) is 12.8 Å². The highest BCUT2D eigenvalue weighted by molar-refractivity contribution is 9.09. The highest BCUT2D eigenvalue weighted by Crippen LogP contribution is 2.02. The van der Waals surface area contributed by atoms with E-state index in [1.54, 1.807) is 0 Å². The molecular formula is C7H14BrNO3S. The lowest BCUT2D eigenvalue weighted by molar-refractivity contribution is -0.115. The lowest BCUT2D eigenvalue weighted by Gasteiger charge is -2.00. The summed E-state index contributed by atoms with van der Waals surface area (Å²) in [6.45, 7) is 0. The fourth-order valence-corrected chi connectivity index (χ4v) is 2.50. The lowest BCUT2D eigenvalue weighted by atomic mass is 10.3. The van der Waals surface area contributed by atoms with Gasteiger partial charge in [0.25, 0.3) is 0 Å². The topological polar surface area (TPSA) is 77.2 Å². The molecule has 0 fully saturated rings. The summed E-state index contributed by atoms with van der Waals surface area (Å²) in [5.41, 5.74) is 4.78. The Morgan fingerprint density at radius 3 is 2.31 bits per heavy atom. The van der Waals surface area contributed by atoms with Crippen molar-refractivity contribution in [2.75, 3.05) is 16.8 Å². The van der Waals surface area contributed by atoms with Crippen LogP contribution in [0.5, 0.6) is 0 Å². The van der Waals surface area contributed by atoms with Crippen LogP contribution in [0.1, 0.15) is 19.3 Å². The van der Waals surface area contributed by atoms with E-state index in [4.69, 9.17) is 5.73 Å².